The van der Waals surface area contributed by atoms with Gasteiger partial charge in [-0.05, 0) is 35.7 Å². The smallest absolute Gasteiger partial charge is 0.277 e. The second-order valence-electron chi connectivity index (χ2n) is 5.19. The molecule has 1 aromatic carbocycles. The minimum atomic E-state index is -0.198. The first-order valence-corrected chi connectivity index (χ1v) is 9.71. The standard InChI is InChI=1S/C17H16N4O4S2/c1-24-12-6-4-11(5-7-12)19-14(22)10-27-17-21-20-15(25-17)9-18-16(23)13-3-2-8-26-13/h2-8H,9-10H2,1H3,(H,18,23)(H,19,22). The van der Waals surface area contributed by atoms with Crippen LogP contribution in [0, 0.1) is 0 Å². The van der Waals surface area contributed by atoms with Crippen molar-refractivity contribution in [3.05, 3.63) is 52.5 Å². The van der Waals surface area contributed by atoms with E-state index in [0.717, 1.165) is 11.8 Å². The van der Waals surface area contributed by atoms with Gasteiger partial charge < -0.3 is 19.8 Å². The number of thioether (sulfide) groups is 1. The molecule has 0 atom stereocenters. The Bertz CT molecular complexity index is 894. The molecular formula is C17H16N4O4S2. The van der Waals surface area contributed by atoms with Crippen LogP contribution in [0.3, 0.4) is 0 Å². The Kier molecular flexibility index (Phi) is 6.44. The first-order chi connectivity index (χ1) is 13.1. The van der Waals surface area contributed by atoms with E-state index >= 15 is 0 Å². The molecular weight excluding hydrogens is 388 g/mol. The SMILES string of the molecule is COc1ccc(NC(=O)CSc2nnc(CNC(=O)c3cccs3)o2)cc1. The number of carbonyl (C=O) groups is 2. The number of hydrogen-bond donors (Lipinski definition) is 2. The van der Waals surface area contributed by atoms with Crippen molar-refractivity contribution in [1.82, 2.24) is 15.5 Å². The fourth-order valence-electron chi connectivity index (χ4n) is 2.02. The second-order valence-corrected chi connectivity index (χ2v) is 7.06. The summed E-state index contributed by atoms with van der Waals surface area (Å²) in [7, 11) is 1.58. The minimum absolute atomic E-state index is 0.120. The number of nitrogens with zero attached hydrogens (tertiary/aromatic N) is 2. The highest BCUT2D eigenvalue weighted by Gasteiger charge is 2.12. The molecule has 0 fully saturated rings. The number of rotatable bonds is 8. The van der Waals surface area contributed by atoms with Crippen LogP contribution in [0.1, 0.15) is 15.6 Å². The zero-order valence-corrected chi connectivity index (χ0v) is 15.9. The summed E-state index contributed by atoms with van der Waals surface area (Å²) in [5.74, 6) is 0.715. The van der Waals surface area contributed by atoms with Crippen molar-refractivity contribution in [2.75, 3.05) is 18.2 Å². The maximum Gasteiger partial charge on any atom is 0.277 e. The number of benzene rings is 1. The van der Waals surface area contributed by atoms with Crippen LogP contribution >= 0.6 is 23.1 Å². The molecule has 0 aliphatic heterocycles. The number of anilines is 1. The Morgan fingerprint density at radius 2 is 2.04 bits per heavy atom. The maximum atomic E-state index is 12.0. The zero-order valence-electron chi connectivity index (χ0n) is 14.3. The van der Waals surface area contributed by atoms with Crippen molar-refractivity contribution in [2.24, 2.45) is 0 Å². The van der Waals surface area contributed by atoms with Crippen molar-refractivity contribution in [3.8, 4) is 5.75 Å². The fraction of sp³-hybridized carbons (Fsp3) is 0.176. The van der Waals surface area contributed by atoms with Gasteiger partial charge in [-0.2, -0.15) is 0 Å². The minimum Gasteiger partial charge on any atom is -0.497 e. The molecule has 2 N–H and O–H groups in total. The first-order valence-electron chi connectivity index (χ1n) is 7.85. The van der Waals surface area contributed by atoms with Gasteiger partial charge in [-0.1, -0.05) is 17.8 Å². The van der Waals surface area contributed by atoms with Gasteiger partial charge in [0.1, 0.15) is 5.75 Å². The summed E-state index contributed by atoms with van der Waals surface area (Å²) in [6.45, 7) is 0.127. The first kappa shape index (κ1) is 18.9. The van der Waals surface area contributed by atoms with Crippen molar-refractivity contribution >= 4 is 40.6 Å². The van der Waals surface area contributed by atoms with Crippen LogP contribution in [0.25, 0.3) is 0 Å². The van der Waals surface area contributed by atoms with Crippen LogP contribution < -0.4 is 15.4 Å². The highest BCUT2D eigenvalue weighted by molar-refractivity contribution is 7.99. The molecule has 0 bridgehead atoms. The summed E-state index contributed by atoms with van der Waals surface area (Å²) in [5, 5.41) is 15.3. The fourth-order valence-corrected chi connectivity index (χ4v) is 3.24. The lowest BCUT2D eigenvalue weighted by molar-refractivity contribution is -0.113. The molecule has 0 saturated carbocycles. The highest BCUT2D eigenvalue weighted by Crippen LogP contribution is 2.18. The van der Waals surface area contributed by atoms with Gasteiger partial charge in [0.25, 0.3) is 11.1 Å². The van der Waals surface area contributed by atoms with Crippen LogP contribution in [0.15, 0.2) is 51.4 Å². The summed E-state index contributed by atoms with van der Waals surface area (Å²) in [5.41, 5.74) is 0.670. The molecule has 0 aliphatic carbocycles. The maximum absolute atomic E-state index is 12.0. The van der Waals surface area contributed by atoms with E-state index in [2.05, 4.69) is 20.8 Å². The van der Waals surface area contributed by atoms with Crippen LogP contribution in [0.2, 0.25) is 0 Å². The highest BCUT2D eigenvalue weighted by atomic mass is 32.2. The molecule has 0 saturated heterocycles. The molecule has 0 aliphatic rings. The summed E-state index contributed by atoms with van der Waals surface area (Å²) < 4.78 is 10.5. The number of carbonyl (C=O) groups excluding carboxylic acids is 2. The number of nitrogens with one attached hydrogen (secondary N) is 2. The molecule has 3 rings (SSSR count). The van der Waals surface area contributed by atoms with Crippen molar-refractivity contribution in [2.45, 2.75) is 11.8 Å². The third kappa shape index (κ3) is 5.56. The number of ether oxygens (including phenoxy) is 1. The van der Waals surface area contributed by atoms with E-state index in [1.807, 2.05) is 5.38 Å². The van der Waals surface area contributed by atoms with Crippen molar-refractivity contribution in [3.63, 3.8) is 0 Å². The van der Waals surface area contributed by atoms with Gasteiger partial charge in [-0.25, -0.2) is 0 Å². The van der Waals surface area contributed by atoms with Crippen LogP contribution in [0.4, 0.5) is 5.69 Å². The van der Waals surface area contributed by atoms with Crippen LogP contribution in [-0.4, -0.2) is 34.9 Å². The number of hydrogen-bond acceptors (Lipinski definition) is 8. The number of thiophene rings is 1. The molecule has 8 nitrogen and oxygen atoms in total. The molecule has 27 heavy (non-hydrogen) atoms. The Labute approximate surface area is 163 Å². The normalized spacial score (nSPS) is 10.4. The lowest BCUT2D eigenvalue weighted by Gasteiger charge is -2.05. The lowest BCUT2D eigenvalue weighted by atomic mass is 10.3. The summed E-state index contributed by atoms with van der Waals surface area (Å²) in [4.78, 5) is 24.5. The van der Waals surface area contributed by atoms with E-state index in [-0.39, 0.29) is 35.2 Å². The Balaban J connectivity index is 1.43. The third-order valence-electron chi connectivity index (χ3n) is 3.29. The topological polar surface area (TPSA) is 106 Å². The summed E-state index contributed by atoms with van der Waals surface area (Å²) in [6.07, 6.45) is 0. The molecule has 140 valence electrons. The van der Waals surface area contributed by atoms with E-state index in [9.17, 15) is 9.59 Å². The van der Waals surface area contributed by atoms with Gasteiger partial charge in [0.2, 0.25) is 11.8 Å². The Hall–Kier alpha value is -2.85. The van der Waals surface area contributed by atoms with Gasteiger partial charge in [0.05, 0.1) is 24.3 Å². The average molecular weight is 404 g/mol. The molecule has 2 aromatic heterocycles. The predicted molar refractivity (Wildman–Crippen MR) is 102 cm³/mol. The largest absolute Gasteiger partial charge is 0.497 e. The van der Waals surface area contributed by atoms with Gasteiger partial charge in [0, 0.05) is 5.69 Å². The molecule has 2 heterocycles. The average Bonchev–Trinajstić information content (AvgIpc) is 3.37. The third-order valence-corrected chi connectivity index (χ3v) is 4.98. The van der Waals surface area contributed by atoms with E-state index in [4.69, 9.17) is 9.15 Å². The van der Waals surface area contributed by atoms with Gasteiger partial charge in [-0.15, -0.1) is 21.5 Å². The van der Waals surface area contributed by atoms with E-state index in [1.165, 1.54) is 11.3 Å². The zero-order chi connectivity index (χ0) is 19.1. The second kappa shape index (κ2) is 9.19. The van der Waals surface area contributed by atoms with Gasteiger partial charge >= 0.3 is 0 Å². The molecule has 3 aromatic rings. The predicted octanol–water partition coefficient (Wildman–Crippen LogP) is 2.80. The Morgan fingerprint density at radius 3 is 2.74 bits per heavy atom. The van der Waals surface area contributed by atoms with Gasteiger partial charge in [-0.3, -0.25) is 9.59 Å². The Morgan fingerprint density at radius 1 is 1.22 bits per heavy atom. The van der Waals surface area contributed by atoms with Crippen LogP contribution in [-0.2, 0) is 11.3 Å². The molecule has 10 heteroatoms. The van der Waals surface area contributed by atoms with Crippen LogP contribution in [0.5, 0.6) is 5.75 Å². The quantitative estimate of drug-likeness (QED) is 0.556. The van der Waals surface area contributed by atoms with Crippen molar-refractivity contribution in [1.29, 1.82) is 0 Å². The van der Waals surface area contributed by atoms with E-state index in [1.54, 1.807) is 43.5 Å². The molecule has 0 radical (unpaired) electrons. The van der Waals surface area contributed by atoms with E-state index in [0.29, 0.717) is 16.3 Å². The summed E-state index contributed by atoms with van der Waals surface area (Å²) in [6, 6.07) is 10.6. The molecule has 2 amide bonds. The summed E-state index contributed by atoms with van der Waals surface area (Å²) >= 11 is 2.47. The van der Waals surface area contributed by atoms with Gasteiger partial charge in [0.15, 0.2) is 0 Å². The lowest BCUT2D eigenvalue weighted by Crippen LogP contribution is -2.21. The van der Waals surface area contributed by atoms with E-state index < -0.39 is 0 Å². The number of amides is 2. The number of aromatic nitrogens is 2. The van der Waals surface area contributed by atoms with Crippen molar-refractivity contribution < 1.29 is 18.7 Å². The molecule has 0 unspecified atom stereocenters. The monoisotopic (exact) mass is 404 g/mol. The molecule has 0 spiro atoms. The number of methoxy groups -OCH3 is 1.